The number of rotatable bonds is 3. The van der Waals surface area contributed by atoms with Gasteiger partial charge < -0.3 is 15.1 Å². The molecule has 22 heavy (non-hydrogen) atoms. The summed E-state index contributed by atoms with van der Waals surface area (Å²) in [6.45, 7) is 2.14. The third-order valence-electron chi connectivity index (χ3n) is 3.78. The minimum absolute atomic E-state index is 0.0587. The first-order valence-corrected chi connectivity index (χ1v) is 7.20. The van der Waals surface area contributed by atoms with Crippen molar-refractivity contribution >= 4 is 11.8 Å². The van der Waals surface area contributed by atoms with Crippen molar-refractivity contribution in [2.75, 3.05) is 40.3 Å². The number of nitrogens with zero attached hydrogens (tertiary/aromatic N) is 4. The number of hydrogen-bond acceptors (Lipinski definition) is 5. The second-order valence-electron chi connectivity index (χ2n) is 5.44. The van der Waals surface area contributed by atoms with Gasteiger partial charge in [0.2, 0.25) is 11.8 Å². The van der Waals surface area contributed by atoms with E-state index in [4.69, 9.17) is 0 Å². The molecule has 0 aliphatic carbocycles. The lowest BCUT2D eigenvalue weighted by molar-refractivity contribution is -0.133. The van der Waals surface area contributed by atoms with Gasteiger partial charge in [-0.3, -0.25) is 14.2 Å². The van der Waals surface area contributed by atoms with E-state index in [2.05, 4.69) is 10.3 Å². The van der Waals surface area contributed by atoms with E-state index >= 15 is 0 Å². The van der Waals surface area contributed by atoms with Crippen LogP contribution in [0.4, 0.5) is 0 Å². The average molecular weight is 307 g/mol. The van der Waals surface area contributed by atoms with Gasteiger partial charge in [0.15, 0.2) is 0 Å². The van der Waals surface area contributed by atoms with Crippen LogP contribution in [0.15, 0.2) is 23.3 Å². The van der Waals surface area contributed by atoms with E-state index in [0.717, 1.165) is 0 Å². The molecule has 8 heteroatoms. The molecular weight excluding hydrogens is 286 g/mol. The number of carbonyl (C=O) groups excluding carboxylic acids is 2. The lowest BCUT2D eigenvalue weighted by atomic mass is 10.1. The van der Waals surface area contributed by atoms with Crippen LogP contribution < -0.4 is 11.0 Å². The second-order valence-corrected chi connectivity index (χ2v) is 5.44. The zero-order valence-electron chi connectivity index (χ0n) is 12.9. The molecule has 1 saturated heterocycles. The van der Waals surface area contributed by atoms with Crippen LogP contribution in [0.25, 0.3) is 0 Å². The fraction of sp³-hybridized carbons (Fsp3) is 0.571. The highest BCUT2D eigenvalue weighted by atomic mass is 16.2. The number of amides is 2. The molecule has 2 heterocycles. The maximum Gasteiger partial charge on any atom is 0.347 e. The highest BCUT2D eigenvalue weighted by Crippen LogP contribution is 2.09. The summed E-state index contributed by atoms with van der Waals surface area (Å²) in [4.78, 5) is 43.2. The predicted molar refractivity (Wildman–Crippen MR) is 80.1 cm³/mol. The van der Waals surface area contributed by atoms with Crippen LogP contribution in [0.2, 0.25) is 0 Å². The van der Waals surface area contributed by atoms with Crippen LogP contribution in [-0.2, 0) is 16.1 Å². The molecule has 1 N–H and O–H groups in total. The van der Waals surface area contributed by atoms with Crippen LogP contribution >= 0.6 is 0 Å². The second kappa shape index (κ2) is 7.17. The number of nitrogens with one attached hydrogen (secondary N) is 1. The van der Waals surface area contributed by atoms with E-state index in [1.54, 1.807) is 18.0 Å². The van der Waals surface area contributed by atoms with E-state index in [1.165, 1.54) is 17.0 Å². The summed E-state index contributed by atoms with van der Waals surface area (Å²) in [5.41, 5.74) is -0.453. The zero-order valence-corrected chi connectivity index (χ0v) is 12.9. The first-order chi connectivity index (χ1) is 10.5. The molecule has 0 unspecified atom stereocenters. The van der Waals surface area contributed by atoms with Gasteiger partial charge in [-0.2, -0.15) is 0 Å². The molecule has 1 aliphatic heterocycles. The maximum absolute atomic E-state index is 12.4. The fourth-order valence-electron chi connectivity index (χ4n) is 2.52. The van der Waals surface area contributed by atoms with Gasteiger partial charge in [0, 0.05) is 45.6 Å². The van der Waals surface area contributed by atoms with Gasteiger partial charge in [-0.05, 0) is 13.1 Å². The van der Waals surface area contributed by atoms with Gasteiger partial charge in [0.25, 0.3) is 0 Å². The van der Waals surface area contributed by atoms with Crippen LogP contribution in [0.1, 0.15) is 0 Å². The molecule has 120 valence electrons. The molecule has 0 saturated carbocycles. The summed E-state index contributed by atoms with van der Waals surface area (Å²) in [5.74, 6) is -0.531. The van der Waals surface area contributed by atoms with Crippen molar-refractivity contribution in [1.29, 1.82) is 0 Å². The van der Waals surface area contributed by atoms with E-state index < -0.39 is 5.69 Å². The van der Waals surface area contributed by atoms with Crippen molar-refractivity contribution in [3.63, 3.8) is 0 Å². The molecule has 0 spiro atoms. The Kier molecular flexibility index (Phi) is 5.26. The number of likely N-dealkylation sites (N-methyl/N-ethyl adjacent to an activating group) is 1. The summed E-state index contributed by atoms with van der Waals surface area (Å²) >= 11 is 0. The van der Waals surface area contributed by atoms with Crippen LogP contribution in [0, 0.1) is 5.92 Å². The highest BCUT2D eigenvalue weighted by molar-refractivity contribution is 5.81. The minimum Gasteiger partial charge on any atom is -0.359 e. The van der Waals surface area contributed by atoms with Crippen LogP contribution in [0.3, 0.4) is 0 Å². The molecule has 0 radical (unpaired) electrons. The van der Waals surface area contributed by atoms with Crippen molar-refractivity contribution in [1.82, 2.24) is 24.7 Å². The van der Waals surface area contributed by atoms with E-state index in [-0.39, 0.29) is 24.3 Å². The molecule has 8 nitrogen and oxygen atoms in total. The van der Waals surface area contributed by atoms with Crippen molar-refractivity contribution in [2.45, 2.75) is 6.54 Å². The molecule has 2 amide bonds. The number of aromatic nitrogens is 2. The third-order valence-corrected chi connectivity index (χ3v) is 3.78. The molecule has 0 bridgehead atoms. The fourth-order valence-corrected chi connectivity index (χ4v) is 2.52. The summed E-state index contributed by atoms with van der Waals surface area (Å²) in [5, 5.41) is 2.63. The summed E-state index contributed by atoms with van der Waals surface area (Å²) in [7, 11) is 3.52. The third kappa shape index (κ3) is 3.91. The van der Waals surface area contributed by atoms with E-state index in [0.29, 0.717) is 26.2 Å². The smallest absolute Gasteiger partial charge is 0.347 e. The van der Waals surface area contributed by atoms with Gasteiger partial charge >= 0.3 is 5.69 Å². The Bertz CT molecular complexity index is 600. The highest BCUT2D eigenvalue weighted by Gasteiger charge is 2.28. The molecular formula is C14H21N5O3. The van der Waals surface area contributed by atoms with Gasteiger partial charge in [0.05, 0.1) is 5.92 Å². The largest absolute Gasteiger partial charge is 0.359 e. The number of hydrogen-bond donors (Lipinski definition) is 1. The molecule has 1 atom stereocenters. The summed E-state index contributed by atoms with van der Waals surface area (Å²) in [6, 6.07) is 1.61. The Hall–Kier alpha value is -2.22. The monoisotopic (exact) mass is 307 g/mol. The lowest BCUT2D eigenvalue weighted by Crippen LogP contribution is -2.43. The van der Waals surface area contributed by atoms with Crippen molar-refractivity contribution in [3.8, 4) is 0 Å². The minimum atomic E-state index is -0.453. The quantitative estimate of drug-likeness (QED) is 0.725. The molecule has 2 rings (SSSR count). The number of carbonyl (C=O) groups is 2. The van der Waals surface area contributed by atoms with Gasteiger partial charge in [0.1, 0.15) is 6.54 Å². The standard InChI is InChI=1S/C14H21N5O3/c1-15-13(21)11-8-17(2)6-7-18(9-11)12(20)10-19-5-3-4-16-14(19)22/h3-5,11H,6-10H2,1-2H3,(H,15,21)/t11-/m0/s1. The van der Waals surface area contributed by atoms with Crippen LogP contribution in [-0.4, -0.2) is 71.4 Å². The predicted octanol–water partition coefficient (Wildman–Crippen LogP) is -1.62. The summed E-state index contributed by atoms with van der Waals surface area (Å²) in [6.07, 6.45) is 2.93. The molecule has 1 aromatic rings. The Labute approximate surface area is 128 Å². The van der Waals surface area contributed by atoms with Crippen molar-refractivity contribution in [2.24, 2.45) is 5.92 Å². The Morgan fingerprint density at radius 1 is 1.36 bits per heavy atom. The van der Waals surface area contributed by atoms with Gasteiger partial charge in [-0.25, -0.2) is 9.78 Å². The topological polar surface area (TPSA) is 87.5 Å². The molecule has 1 fully saturated rings. The van der Waals surface area contributed by atoms with E-state index in [9.17, 15) is 14.4 Å². The van der Waals surface area contributed by atoms with Crippen LogP contribution in [0.5, 0.6) is 0 Å². The first kappa shape index (κ1) is 16.2. The molecule has 1 aliphatic rings. The summed E-state index contributed by atoms with van der Waals surface area (Å²) < 4.78 is 1.27. The zero-order chi connectivity index (χ0) is 16.1. The Morgan fingerprint density at radius 3 is 2.82 bits per heavy atom. The van der Waals surface area contributed by atoms with Gasteiger partial charge in [-0.15, -0.1) is 0 Å². The van der Waals surface area contributed by atoms with E-state index in [1.807, 2.05) is 11.9 Å². The van der Waals surface area contributed by atoms with Gasteiger partial charge in [-0.1, -0.05) is 0 Å². The average Bonchev–Trinajstić information content (AvgIpc) is 2.70. The van der Waals surface area contributed by atoms with Crippen molar-refractivity contribution in [3.05, 3.63) is 28.9 Å². The first-order valence-electron chi connectivity index (χ1n) is 7.20. The maximum atomic E-state index is 12.4. The Morgan fingerprint density at radius 2 is 2.14 bits per heavy atom. The molecule has 0 aromatic carbocycles. The molecule has 1 aromatic heterocycles. The lowest BCUT2D eigenvalue weighted by Gasteiger charge is -2.23. The SMILES string of the molecule is CNC(=O)[C@H]1CN(C)CCN(C(=O)Cn2cccnc2=O)C1. The van der Waals surface area contributed by atoms with Crippen molar-refractivity contribution < 1.29 is 9.59 Å². The normalized spacial score (nSPS) is 19.5. The Balaban J connectivity index is 2.09.